The lowest BCUT2D eigenvalue weighted by atomic mass is 10.1. The average Bonchev–Trinajstić information content (AvgIpc) is 3.27. The molecule has 1 fully saturated rings. The fourth-order valence-electron chi connectivity index (χ4n) is 3.31. The maximum absolute atomic E-state index is 12.9. The molecule has 0 radical (unpaired) electrons. The summed E-state index contributed by atoms with van der Waals surface area (Å²) in [5, 5.41) is 9.07. The third-order valence-electron chi connectivity index (χ3n) is 5.10. The third-order valence-corrected chi connectivity index (χ3v) is 6.72. The van der Waals surface area contributed by atoms with Gasteiger partial charge in [0.25, 0.3) is 5.91 Å². The molecule has 1 saturated heterocycles. The van der Waals surface area contributed by atoms with Crippen molar-refractivity contribution in [3.63, 3.8) is 0 Å². The van der Waals surface area contributed by atoms with E-state index in [4.69, 9.17) is 0 Å². The maximum Gasteiger partial charge on any atom is 0.274 e. The quantitative estimate of drug-likeness (QED) is 0.809. The summed E-state index contributed by atoms with van der Waals surface area (Å²) in [4.78, 5) is 20.5. The van der Waals surface area contributed by atoms with Gasteiger partial charge < -0.3 is 10.2 Å². The molecule has 0 aliphatic carbocycles. The van der Waals surface area contributed by atoms with Crippen molar-refractivity contribution in [2.24, 2.45) is 0 Å². The number of carbonyl (C=O) groups excluding carboxylic acids is 1. The van der Waals surface area contributed by atoms with E-state index in [1.54, 1.807) is 16.2 Å². The van der Waals surface area contributed by atoms with E-state index in [1.165, 1.54) is 0 Å². The molecule has 2 aromatic rings. The van der Waals surface area contributed by atoms with E-state index in [0.29, 0.717) is 17.7 Å². The molecule has 150 valence electrons. The van der Waals surface area contributed by atoms with Crippen LogP contribution >= 0.6 is 23.7 Å². The molecule has 3 heterocycles. The monoisotopic (exact) mass is 411 g/mol. The van der Waals surface area contributed by atoms with Crippen molar-refractivity contribution >= 4 is 29.7 Å². The first-order valence-electron chi connectivity index (χ1n) is 9.38. The second kappa shape index (κ2) is 9.17. The summed E-state index contributed by atoms with van der Waals surface area (Å²) in [6.45, 7) is 10.4. The molecule has 1 aliphatic rings. The highest BCUT2D eigenvalue weighted by Crippen LogP contribution is 2.32. The second-order valence-electron chi connectivity index (χ2n) is 7.43. The largest absolute Gasteiger partial charge is 0.333 e. The van der Waals surface area contributed by atoms with E-state index in [1.807, 2.05) is 30.9 Å². The Balaban J connectivity index is 0.00000261. The molecule has 0 bridgehead atoms. The van der Waals surface area contributed by atoms with Crippen molar-refractivity contribution in [3.05, 3.63) is 33.5 Å². The van der Waals surface area contributed by atoms with Gasteiger partial charge in [0.1, 0.15) is 5.69 Å². The van der Waals surface area contributed by atoms with Crippen molar-refractivity contribution < 1.29 is 4.79 Å². The van der Waals surface area contributed by atoms with Gasteiger partial charge in [-0.05, 0) is 39.3 Å². The minimum atomic E-state index is -0.0427. The normalized spacial score (nSPS) is 18.2. The maximum atomic E-state index is 12.9. The number of amides is 1. The first-order valence-corrected chi connectivity index (χ1v) is 10.2. The van der Waals surface area contributed by atoms with Crippen molar-refractivity contribution in [2.75, 3.05) is 20.1 Å². The zero-order valence-corrected chi connectivity index (χ0v) is 18.4. The summed E-state index contributed by atoms with van der Waals surface area (Å²) >= 11 is 1.71. The highest BCUT2D eigenvalue weighted by molar-refractivity contribution is 7.11. The van der Waals surface area contributed by atoms with E-state index < -0.39 is 0 Å². The molecule has 8 heteroatoms. The van der Waals surface area contributed by atoms with Gasteiger partial charge in [0.05, 0.1) is 22.8 Å². The zero-order valence-electron chi connectivity index (χ0n) is 16.7. The predicted octanol–water partition coefficient (Wildman–Crippen LogP) is 3.95. The number of piperidine rings is 1. The van der Waals surface area contributed by atoms with Crippen LogP contribution in [0.25, 0.3) is 0 Å². The number of nitrogens with one attached hydrogen (secondary N) is 1. The Kier molecular flexibility index (Phi) is 7.42. The summed E-state index contributed by atoms with van der Waals surface area (Å²) in [5.41, 5.74) is 1.53. The second-order valence-corrected chi connectivity index (χ2v) is 8.49. The van der Waals surface area contributed by atoms with Crippen LogP contribution in [0.4, 0.5) is 0 Å². The number of thiazole rings is 1. The molecular formula is C19H30ClN5OS. The lowest BCUT2D eigenvalue weighted by molar-refractivity contribution is 0.0737. The molecular weight excluding hydrogens is 382 g/mol. The van der Waals surface area contributed by atoms with Gasteiger partial charge in [0, 0.05) is 30.6 Å². The number of hydrogen-bond donors (Lipinski definition) is 1. The smallest absolute Gasteiger partial charge is 0.274 e. The van der Waals surface area contributed by atoms with Gasteiger partial charge in [-0.1, -0.05) is 13.8 Å². The average molecular weight is 412 g/mol. The van der Waals surface area contributed by atoms with Gasteiger partial charge in [0.15, 0.2) is 0 Å². The van der Waals surface area contributed by atoms with Crippen LogP contribution < -0.4 is 5.32 Å². The Morgan fingerprint density at radius 2 is 2.15 bits per heavy atom. The number of aromatic nitrogens is 3. The number of rotatable bonds is 5. The highest BCUT2D eigenvalue weighted by Gasteiger charge is 2.25. The van der Waals surface area contributed by atoms with Gasteiger partial charge in [-0.15, -0.1) is 23.7 Å². The molecule has 2 unspecified atom stereocenters. The summed E-state index contributed by atoms with van der Waals surface area (Å²) < 4.78 is 1.94. The van der Waals surface area contributed by atoms with E-state index >= 15 is 0 Å². The van der Waals surface area contributed by atoms with Gasteiger partial charge in [0.2, 0.25) is 0 Å². The molecule has 2 atom stereocenters. The molecule has 0 saturated carbocycles. The van der Waals surface area contributed by atoms with E-state index in [-0.39, 0.29) is 24.4 Å². The Morgan fingerprint density at radius 1 is 1.41 bits per heavy atom. The summed E-state index contributed by atoms with van der Waals surface area (Å²) in [7, 11) is 1.85. The van der Waals surface area contributed by atoms with Crippen molar-refractivity contribution in [1.82, 2.24) is 25.0 Å². The molecule has 1 N–H and O–H groups in total. The Labute approximate surface area is 171 Å². The predicted molar refractivity (Wildman–Crippen MR) is 112 cm³/mol. The Morgan fingerprint density at radius 3 is 2.74 bits per heavy atom. The summed E-state index contributed by atoms with van der Waals surface area (Å²) in [6.07, 6.45) is 4.18. The lowest BCUT2D eigenvalue weighted by Gasteiger charge is -2.24. The molecule has 1 amide bonds. The molecule has 2 aromatic heterocycles. The van der Waals surface area contributed by atoms with Crippen LogP contribution in [0.3, 0.4) is 0 Å². The summed E-state index contributed by atoms with van der Waals surface area (Å²) in [6, 6.07) is 2.15. The number of hydrogen-bond acceptors (Lipinski definition) is 5. The number of aryl methyl sites for hydroxylation is 1. The van der Waals surface area contributed by atoms with Crippen LogP contribution in [0, 0.1) is 6.92 Å². The topological polar surface area (TPSA) is 63.1 Å². The highest BCUT2D eigenvalue weighted by atomic mass is 35.5. The molecule has 1 aliphatic heterocycles. The van der Waals surface area contributed by atoms with Crippen LogP contribution in [0.1, 0.15) is 77.7 Å². The van der Waals surface area contributed by atoms with Crippen LogP contribution in [-0.2, 0) is 0 Å². The fraction of sp³-hybridized carbons (Fsp3) is 0.632. The molecule has 0 spiro atoms. The molecule has 27 heavy (non-hydrogen) atoms. The van der Waals surface area contributed by atoms with Gasteiger partial charge in [-0.25, -0.2) is 4.98 Å². The van der Waals surface area contributed by atoms with Crippen LogP contribution in [0.15, 0.2) is 12.3 Å². The third kappa shape index (κ3) is 4.70. The molecule has 3 rings (SSSR count). The number of carbonyl (C=O) groups is 1. The van der Waals surface area contributed by atoms with Crippen LogP contribution in [0.5, 0.6) is 0 Å². The standard InChI is InChI=1S/C19H29N5OS.ClH/c1-12(2)18-21-13(3)17(26-18)14(4)23(5)19(25)16-8-10-24(22-16)15-7-6-9-20-11-15;/h8,10,12,14-15,20H,6-7,9,11H2,1-5H3;1H. The van der Waals surface area contributed by atoms with E-state index in [2.05, 4.69) is 36.2 Å². The Hall–Kier alpha value is -1.44. The zero-order chi connectivity index (χ0) is 18.8. The van der Waals surface area contributed by atoms with Gasteiger partial charge in [-0.3, -0.25) is 9.48 Å². The number of halogens is 1. The fourth-order valence-corrected chi connectivity index (χ4v) is 4.48. The minimum Gasteiger partial charge on any atom is -0.333 e. The SMILES string of the molecule is Cc1nc(C(C)C)sc1C(C)N(C)C(=O)c1ccn(C2CCCNC2)n1.Cl. The van der Waals surface area contributed by atoms with Crippen molar-refractivity contribution in [2.45, 2.75) is 58.5 Å². The molecule has 6 nitrogen and oxygen atoms in total. The first-order chi connectivity index (χ1) is 12.4. The van der Waals surface area contributed by atoms with E-state index in [9.17, 15) is 4.79 Å². The Bertz CT molecular complexity index is 766. The van der Waals surface area contributed by atoms with Gasteiger partial charge in [-0.2, -0.15) is 5.10 Å². The molecule has 0 aromatic carbocycles. The van der Waals surface area contributed by atoms with Crippen LogP contribution in [-0.4, -0.2) is 45.7 Å². The number of nitrogens with zero attached hydrogens (tertiary/aromatic N) is 4. The van der Waals surface area contributed by atoms with Crippen molar-refractivity contribution in [1.29, 1.82) is 0 Å². The van der Waals surface area contributed by atoms with Crippen molar-refractivity contribution in [3.8, 4) is 0 Å². The van der Waals surface area contributed by atoms with Crippen LogP contribution in [0.2, 0.25) is 0 Å². The summed E-state index contributed by atoms with van der Waals surface area (Å²) in [5.74, 6) is 0.361. The lowest BCUT2D eigenvalue weighted by Crippen LogP contribution is -2.33. The van der Waals surface area contributed by atoms with E-state index in [0.717, 1.165) is 41.5 Å². The first kappa shape index (κ1) is 21.9. The van der Waals surface area contributed by atoms with Gasteiger partial charge >= 0.3 is 0 Å². The minimum absolute atomic E-state index is 0.